The molecule has 0 amide bonds. The highest BCUT2D eigenvalue weighted by Gasteiger charge is 2.29. The fourth-order valence-electron chi connectivity index (χ4n) is 1.89. The zero-order chi connectivity index (χ0) is 11.7. The molecule has 1 aromatic carbocycles. The fraction of sp³-hybridized carbons (Fsp3) is 0.455. The Hall–Kier alpha value is -1.17. The summed E-state index contributed by atoms with van der Waals surface area (Å²) in [5.74, 6) is -0.433. The van der Waals surface area contributed by atoms with Crippen LogP contribution < -0.4 is 4.90 Å². The molecule has 88 valence electrons. The third-order valence-electron chi connectivity index (χ3n) is 2.75. The lowest BCUT2D eigenvalue weighted by molar-refractivity contribution is 0.0572. The van der Waals surface area contributed by atoms with Crippen molar-refractivity contribution in [2.75, 3.05) is 18.0 Å². The van der Waals surface area contributed by atoms with Crippen LogP contribution in [0.1, 0.15) is 5.56 Å². The van der Waals surface area contributed by atoms with E-state index in [-0.39, 0.29) is 19.7 Å². The Morgan fingerprint density at radius 3 is 2.38 bits per heavy atom. The topological polar surface area (TPSA) is 63.9 Å². The Bertz CT molecular complexity index is 375. The van der Waals surface area contributed by atoms with E-state index in [1.54, 1.807) is 11.0 Å². The Balaban J connectivity index is 2.24. The van der Waals surface area contributed by atoms with Gasteiger partial charge in [-0.3, -0.25) is 0 Å². The zero-order valence-electron chi connectivity index (χ0n) is 8.67. The van der Waals surface area contributed by atoms with Crippen molar-refractivity contribution in [3.05, 3.63) is 29.6 Å². The summed E-state index contributed by atoms with van der Waals surface area (Å²) in [6, 6.07) is 4.23. The lowest BCUT2D eigenvalue weighted by atomic mass is 10.2. The van der Waals surface area contributed by atoms with Crippen LogP contribution in [0.3, 0.4) is 0 Å². The number of anilines is 1. The number of hydrogen-bond acceptors (Lipinski definition) is 4. The minimum atomic E-state index is -0.805. The summed E-state index contributed by atoms with van der Waals surface area (Å²) in [6.45, 7) is 0.314. The van der Waals surface area contributed by atoms with E-state index in [0.29, 0.717) is 11.3 Å². The molecule has 2 unspecified atom stereocenters. The van der Waals surface area contributed by atoms with E-state index in [2.05, 4.69) is 0 Å². The fourth-order valence-corrected chi connectivity index (χ4v) is 1.89. The summed E-state index contributed by atoms with van der Waals surface area (Å²) < 4.78 is 13.2. The monoisotopic (exact) mass is 227 g/mol. The van der Waals surface area contributed by atoms with Gasteiger partial charge in [0.15, 0.2) is 0 Å². The van der Waals surface area contributed by atoms with Crippen molar-refractivity contribution in [1.82, 2.24) is 0 Å². The van der Waals surface area contributed by atoms with E-state index < -0.39 is 18.0 Å². The third kappa shape index (κ3) is 2.16. The van der Waals surface area contributed by atoms with Crippen LogP contribution in [0.5, 0.6) is 0 Å². The molecule has 2 atom stereocenters. The number of benzene rings is 1. The Labute approximate surface area is 92.6 Å². The van der Waals surface area contributed by atoms with Gasteiger partial charge >= 0.3 is 0 Å². The van der Waals surface area contributed by atoms with E-state index in [9.17, 15) is 14.6 Å². The number of nitrogens with zero attached hydrogens (tertiary/aromatic N) is 1. The van der Waals surface area contributed by atoms with Gasteiger partial charge in [-0.05, 0) is 23.8 Å². The highest BCUT2D eigenvalue weighted by Crippen LogP contribution is 2.23. The molecule has 1 aliphatic rings. The number of β-amino-alcohol motifs (C(OH)–C–C–N with tert-alkyl or cyclic N) is 2. The minimum absolute atomic E-state index is 0.232. The average molecular weight is 227 g/mol. The molecule has 5 heteroatoms. The molecule has 0 aliphatic carbocycles. The summed E-state index contributed by atoms with van der Waals surface area (Å²) >= 11 is 0. The van der Waals surface area contributed by atoms with Crippen LogP contribution in [0.25, 0.3) is 0 Å². The summed E-state index contributed by atoms with van der Waals surface area (Å²) in [7, 11) is 0. The number of aliphatic hydroxyl groups excluding tert-OH is 3. The van der Waals surface area contributed by atoms with Gasteiger partial charge in [-0.2, -0.15) is 0 Å². The van der Waals surface area contributed by atoms with Crippen LogP contribution in [-0.4, -0.2) is 40.6 Å². The van der Waals surface area contributed by atoms with Crippen molar-refractivity contribution in [3.63, 3.8) is 0 Å². The van der Waals surface area contributed by atoms with Gasteiger partial charge in [-0.15, -0.1) is 0 Å². The van der Waals surface area contributed by atoms with Gasteiger partial charge in [0.2, 0.25) is 0 Å². The van der Waals surface area contributed by atoms with Gasteiger partial charge < -0.3 is 20.2 Å². The molecule has 1 aliphatic heterocycles. The molecule has 4 nitrogen and oxygen atoms in total. The first-order chi connectivity index (χ1) is 7.60. The predicted octanol–water partition coefficient (Wildman–Crippen LogP) is -0.140. The molecular formula is C11H14FNO3. The Kier molecular flexibility index (Phi) is 3.09. The van der Waals surface area contributed by atoms with Gasteiger partial charge in [0.25, 0.3) is 0 Å². The standard InChI is InChI=1S/C11H14FNO3/c12-8-1-7(6-14)2-9(3-8)13-4-10(15)11(16)5-13/h1-3,10-11,14-16H,4-6H2. The average Bonchev–Trinajstić information content (AvgIpc) is 2.58. The zero-order valence-corrected chi connectivity index (χ0v) is 8.67. The molecule has 2 rings (SSSR count). The molecular weight excluding hydrogens is 213 g/mol. The summed E-state index contributed by atoms with van der Waals surface area (Å²) in [4.78, 5) is 1.69. The predicted molar refractivity (Wildman–Crippen MR) is 56.5 cm³/mol. The molecule has 0 bridgehead atoms. The second-order valence-electron chi connectivity index (χ2n) is 4.02. The number of hydrogen-bond donors (Lipinski definition) is 3. The van der Waals surface area contributed by atoms with Gasteiger partial charge in [0.05, 0.1) is 18.8 Å². The lowest BCUT2D eigenvalue weighted by Crippen LogP contribution is -2.22. The van der Waals surface area contributed by atoms with Gasteiger partial charge in [-0.1, -0.05) is 0 Å². The number of halogens is 1. The van der Waals surface area contributed by atoms with Crippen LogP contribution in [0.2, 0.25) is 0 Å². The van der Waals surface area contributed by atoms with E-state index in [4.69, 9.17) is 5.11 Å². The molecule has 0 aromatic heterocycles. The normalized spacial score (nSPS) is 25.1. The summed E-state index contributed by atoms with van der Waals surface area (Å²) in [6.07, 6.45) is -1.61. The second kappa shape index (κ2) is 4.37. The molecule has 1 fully saturated rings. The Morgan fingerprint density at radius 1 is 1.19 bits per heavy atom. The highest BCUT2D eigenvalue weighted by molar-refractivity contribution is 5.50. The maximum absolute atomic E-state index is 13.2. The molecule has 16 heavy (non-hydrogen) atoms. The lowest BCUT2D eigenvalue weighted by Gasteiger charge is -2.18. The van der Waals surface area contributed by atoms with Crippen molar-refractivity contribution in [2.45, 2.75) is 18.8 Å². The van der Waals surface area contributed by atoms with Crippen LogP contribution in [0.15, 0.2) is 18.2 Å². The first-order valence-corrected chi connectivity index (χ1v) is 5.11. The highest BCUT2D eigenvalue weighted by atomic mass is 19.1. The SMILES string of the molecule is OCc1cc(F)cc(N2CC(O)C(O)C2)c1. The van der Waals surface area contributed by atoms with E-state index in [0.717, 1.165) is 0 Å². The first-order valence-electron chi connectivity index (χ1n) is 5.11. The maximum atomic E-state index is 13.2. The van der Waals surface area contributed by atoms with Crippen molar-refractivity contribution >= 4 is 5.69 Å². The van der Waals surface area contributed by atoms with Crippen LogP contribution in [-0.2, 0) is 6.61 Å². The maximum Gasteiger partial charge on any atom is 0.125 e. The van der Waals surface area contributed by atoms with Crippen LogP contribution in [0, 0.1) is 5.82 Å². The smallest absolute Gasteiger partial charge is 0.125 e. The summed E-state index contributed by atoms with van der Waals surface area (Å²) in [5.41, 5.74) is 1.05. The molecule has 0 saturated carbocycles. The third-order valence-corrected chi connectivity index (χ3v) is 2.75. The van der Waals surface area contributed by atoms with Crippen molar-refractivity contribution in [3.8, 4) is 0 Å². The Morgan fingerprint density at radius 2 is 1.81 bits per heavy atom. The van der Waals surface area contributed by atoms with Gasteiger partial charge in [0.1, 0.15) is 5.82 Å². The van der Waals surface area contributed by atoms with Crippen LogP contribution >= 0.6 is 0 Å². The van der Waals surface area contributed by atoms with Crippen molar-refractivity contribution < 1.29 is 19.7 Å². The van der Waals surface area contributed by atoms with Crippen molar-refractivity contribution in [1.29, 1.82) is 0 Å². The molecule has 0 spiro atoms. The first kappa shape index (κ1) is 11.3. The van der Waals surface area contributed by atoms with Crippen molar-refractivity contribution in [2.24, 2.45) is 0 Å². The van der Waals surface area contributed by atoms with E-state index in [1.807, 2.05) is 0 Å². The molecule has 3 N–H and O–H groups in total. The summed E-state index contributed by atoms with van der Waals surface area (Å²) in [5, 5.41) is 27.7. The molecule has 0 radical (unpaired) electrons. The van der Waals surface area contributed by atoms with E-state index in [1.165, 1.54) is 12.1 Å². The van der Waals surface area contributed by atoms with Gasteiger partial charge in [-0.25, -0.2) is 4.39 Å². The van der Waals surface area contributed by atoms with E-state index >= 15 is 0 Å². The molecule has 1 saturated heterocycles. The van der Waals surface area contributed by atoms with Gasteiger partial charge in [0, 0.05) is 18.8 Å². The molecule has 1 heterocycles. The minimum Gasteiger partial charge on any atom is -0.392 e. The van der Waals surface area contributed by atoms with Crippen LogP contribution in [0.4, 0.5) is 10.1 Å². The molecule has 1 aromatic rings. The second-order valence-corrected chi connectivity index (χ2v) is 4.02. The largest absolute Gasteiger partial charge is 0.392 e. The number of rotatable bonds is 2. The quantitative estimate of drug-likeness (QED) is 0.658. The number of aliphatic hydroxyl groups is 3.